The minimum Gasteiger partial charge on any atom is -0.465 e. The van der Waals surface area contributed by atoms with Gasteiger partial charge >= 0.3 is 6.09 Å². The molecule has 0 aliphatic carbocycles. The summed E-state index contributed by atoms with van der Waals surface area (Å²) in [7, 11) is 0. The number of nitrogens with zero attached hydrogens (tertiary/aromatic N) is 5. The minimum absolute atomic E-state index is 0.115. The highest BCUT2D eigenvalue weighted by Gasteiger charge is 2.23. The standard InChI is InChI=1S/C17H19N5O3/c1-12(16-18-7-2-8-19-16)22(17(23)24)11-14-3-4-15(21-20-14)13-5-9-25-10-6-13/h2-5,7-8,12H,6,9-11H2,1H3,(H,23,24). The molecule has 0 radical (unpaired) electrons. The molecule has 1 amide bonds. The van der Waals surface area contributed by atoms with E-state index < -0.39 is 12.1 Å². The van der Waals surface area contributed by atoms with Crippen molar-refractivity contribution in [2.75, 3.05) is 13.2 Å². The molecule has 3 heterocycles. The van der Waals surface area contributed by atoms with Crippen molar-refractivity contribution < 1.29 is 14.6 Å². The van der Waals surface area contributed by atoms with E-state index in [2.05, 4.69) is 20.2 Å². The van der Waals surface area contributed by atoms with E-state index in [0.29, 0.717) is 24.7 Å². The maximum absolute atomic E-state index is 11.6. The first-order chi connectivity index (χ1) is 12.1. The van der Waals surface area contributed by atoms with Gasteiger partial charge in [0.2, 0.25) is 0 Å². The third kappa shape index (κ3) is 4.16. The van der Waals surface area contributed by atoms with Gasteiger partial charge in [-0.3, -0.25) is 4.90 Å². The van der Waals surface area contributed by atoms with Crippen molar-refractivity contribution in [2.45, 2.75) is 25.9 Å². The Labute approximate surface area is 145 Å². The first kappa shape index (κ1) is 17.0. The van der Waals surface area contributed by atoms with E-state index in [0.717, 1.165) is 17.7 Å². The molecule has 8 heteroatoms. The number of carboxylic acid groups (broad SMARTS) is 1. The highest BCUT2D eigenvalue weighted by Crippen LogP contribution is 2.21. The second-order valence-electron chi connectivity index (χ2n) is 5.66. The molecule has 0 saturated carbocycles. The maximum atomic E-state index is 11.6. The average Bonchev–Trinajstić information content (AvgIpc) is 2.67. The monoisotopic (exact) mass is 341 g/mol. The Kier molecular flexibility index (Phi) is 5.30. The van der Waals surface area contributed by atoms with Crippen molar-refractivity contribution in [1.82, 2.24) is 25.1 Å². The van der Waals surface area contributed by atoms with Crippen LogP contribution in [-0.4, -0.2) is 49.5 Å². The molecule has 25 heavy (non-hydrogen) atoms. The Bertz CT molecular complexity index is 749. The lowest BCUT2D eigenvalue weighted by molar-refractivity contribution is 0.121. The number of amides is 1. The Balaban J connectivity index is 1.74. The molecule has 0 fully saturated rings. The fourth-order valence-corrected chi connectivity index (χ4v) is 2.59. The minimum atomic E-state index is -1.06. The molecule has 1 atom stereocenters. The summed E-state index contributed by atoms with van der Waals surface area (Å²) in [4.78, 5) is 21.1. The zero-order chi connectivity index (χ0) is 17.6. The summed E-state index contributed by atoms with van der Waals surface area (Å²) in [6.07, 6.45) is 4.92. The predicted molar refractivity (Wildman–Crippen MR) is 89.5 cm³/mol. The van der Waals surface area contributed by atoms with Crippen molar-refractivity contribution in [2.24, 2.45) is 0 Å². The van der Waals surface area contributed by atoms with Gasteiger partial charge in [-0.2, -0.15) is 10.2 Å². The third-order valence-electron chi connectivity index (χ3n) is 4.02. The van der Waals surface area contributed by atoms with Gasteiger partial charge in [0.25, 0.3) is 0 Å². The second kappa shape index (κ2) is 7.80. The van der Waals surface area contributed by atoms with E-state index in [1.165, 1.54) is 4.90 Å². The van der Waals surface area contributed by atoms with Crippen molar-refractivity contribution in [3.05, 3.63) is 53.9 Å². The van der Waals surface area contributed by atoms with Crippen LogP contribution in [0.2, 0.25) is 0 Å². The lowest BCUT2D eigenvalue weighted by atomic mass is 10.1. The van der Waals surface area contributed by atoms with Crippen molar-refractivity contribution >= 4 is 11.7 Å². The first-order valence-corrected chi connectivity index (χ1v) is 8.01. The van der Waals surface area contributed by atoms with Crippen LogP contribution in [0, 0.1) is 0 Å². The number of carbonyl (C=O) groups is 1. The Hall–Kier alpha value is -2.87. The molecule has 130 valence electrons. The van der Waals surface area contributed by atoms with Crippen LogP contribution in [0.3, 0.4) is 0 Å². The van der Waals surface area contributed by atoms with Gasteiger partial charge in [0.1, 0.15) is 0 Å². The molecule has 2 aromatic heterocycles. The summed E-state index contributed by atoms with van der Waals surface area (Å²) in [5, 5.41) is 17.9. The molecule has 8 nitrogen and oxygen atoms in total. The lowest BCUT2D eigenvalue weighted by Crippen LogP contribution is -2.33. The zero-order valence-corrected chi connectivity index (χ0v) is 13.9. The molecule has 1 aliphatic heterocycles. The fourth-order valence-electron chi connectivity index (χ4n) is 2.59. The van der Waals surface area contributed by atoms with Crippen LogP contribution in [0.25, 0.3) is 5.57 Å². The van der Waals surface area contributed by atoms with Crippen LogP contribution in [0.1, 0.15) is 36.6 Å². The van der Waals surface area contributed by atoms with E-state index in [9.17, 15) is 9.90 Å². The smallest absolute Gasteiger partial charge is 0.408 e. The molecule has 1 N–H and O–H groups in total. The Morgan fingerprint density at radius 3 is 2.72 bits per heavy atom. The summed E-state index contributed by atoms with van der Waals surface area (Å²) >= 11 is 0. The van der Waals surface area contributed by atoms with Crippen LogP contribution < -0.4 is 0 Å². The third-order valence-corrected chi connectivity index (χ3v) is 4.02. The van der Waals surface area contributed by atoms with Gasteiger partial charge < -0.3 is 9.84 Å². The molecule has 3 rings (SSSR count). The van der Waals surface area contributed by atoms with Gasteiger partial charge in [-0.1, -0.05) is 6.08 Å². The van der Waals surface area contributed by atoms with Crippen LogP contribution in [0.4, 0.5) is 4.79 Å². The number of ether oxygens (including phenoxy) is 1. The maximum Gasteiger partial charge on any atom is 0.408 e. The summed E-state index contributed by atoms with van der Waals surface area (Å²) in [5.41, 5.74) is 2.47. The predicted octanol–water partition coefficient (Wildman–Crippen LogP) is 2.31. The zero-order valence-electron chi connectivity index (χ0n) is 13.9. The quantitative estimate of drug-likeness (QED) is 0.890. The highest BCUT2D eigenvalue weighted by atomic mass is 16.5. The van der Waals surface area contributed by atoms with Crippen molar-refractivity contribution in [3.63, 3.8) is 0 Å². The normalized spacial score (nSPS) is 15.3. The van der Waals surface area contributed by atoms with E-state index >= 15 is 0 Å². The molecular weight excluding hydrogens is 322 g/mol. The van der Waals surface area contributed by atoms with Gasteiger partial charge in [0, 0.05) is 12.4 Å². The largest absolute Gasteiger partial charge is 0.465 e. The molecular formula is C17H19N5O3. The lowest BCUT2D eigenvalue weighted by Gasteiger charge is -2.24. The molecule has 0 bridgehead atoms. The van der Waals surface area contributed by atoms with Crippen molar-refractivity contribution in [3.8, 4) is 0 Å². The van der Waals surface area contributed by atoms with Crippen LogP contribution in [0.15, 0.2) is 36.7 Å². The molecule has 0 aromatic carbocycles. The van der Waals surface area contributed by atoms with E-state index in [-0.39, 0.29) is 6.54 Å². The van der Waals surface area contributed by atoms with Gasteiger partial charge in [-0.15, -0.1) is 0 Å². The molecule has 1 aliphatic rings. The summed E-state index contributed by atoms with van der Waals surface area (Å²) in [6.45, 7) is 3.12. The summed E-state index contributed by atoms with van der Waals surface area (Å²) in [5.74, 6) is 0.446. The van der Waals surface area contributed by atoms with Crippen LogP contribution in [-0.2, 0) is 11.3 Å². The molecule has 0 spiro atoms. The van der Waals surface area contributed by atoms with Crippen LogP contribution >= 0.6 is 0 Å². The molecule has 0 saturated heterocycles. The van der Waals surface area contributed by atoms with E-state index in [1.807, 2.05) is 12.1 Å². The number of hydrogen-bond donors (Lipinski definition) is 1. The highest BCUT2D eigenvalue weighted by molar-refractivity contribution is 5.65. The topological polar surface area (TPSA) is 101 Å². The fraction of sp³-hybridized carbons (Fsp3) is 0.353. The Morgan fingerprint density at radius 2 is 2.12 bits per heavy atom. The number of rotatable bonds is 5. The van der Waals surface area contributed by atoms with Gasteiger partial charge in [0.05, 0.1) is 37.2 Å². The van der Waals surface area contributed by atoms with Crippen molar-refractivity contribution in [1.29, 1.82) is 0 Å². The SMILES string of the molecule is CC(c1ncccn1)N(Cc1ccc(C2=CCOCC2)nn1)C(=O)O. The van der Waals surface area contributed by atoms with Gasteiger partial charge in [0.15, 0.2) is 5.82 Å². The number of hydrogen-bond acceptors (Lipinski definition) is 6. The summed E-state index contributed by atoms with van der Waals surface area (Å²) in [6, 6.07) is 4.87. The first-order valence-electron chi connectivity index (χ1n) is 8.01. The second-order valence-corrected chi connectivity index (χ2v) is 5.66. The Morgan fingerprint density at radius 1 is 1.32 bits per heavy atom. The van der Waals surface area contributed by atoms with Gasteiger partial charge in [-0.05, 0) is 37.1 Å². The van der Waals surface area contributed by atoms with E-state index in [4.69, 9.17) is 4.74 Å². The van der Waals surface area contributed by atoms with Crippen LogP contribution in [0.5, 0.6) is 0 Å². The van der Waals surface area contributed by atoms with E-state index in [1.54, 1.807) is 31.5 Å². The summed E-state index contributed by atoms with van der Waals surface area (Å²) < 4.78 is 5.28. The number of aromatic nitrogens is 4. The molecule has 2 aromatic rings. The molecule has 1 unspecified atom stereocenters. The average molecular weight is 341 g/mol. The van der Waals surface area contributed by atoms with Gasteiger partial charge in [-0.25, -0.2) is 14.8 Å².